The van der Waals surface area contributed by atoms with Gasteiger partial charge in [-0.3, -0.25) is 9.59 Å². The number of halogens is 1. The molecule has 5 rings (SSSR count). The van der Waals surface area contributed by atoms with E-state index >= 15 is 0 Å². The van der Waals surface area contributed by atoms with Crippen LogP contribution in [0.4, 0.5) is 4.39 Å². The molecule has 2 aromatic heterocycles. The summed E-state index contributed by atoms with van der Waals surface area (Å²) in [6.07, 6.45) is 1.89. The molecule has 0 radical (unpaired) electrons. The van der Waals surface area contributed by atoms with Crippen molar-refractivity contribution in [3.8, 4) is 5.75 Å². The zero-order valence-corrected chi connectivity index (χ0v) is 18.7. The fourth-order valence-corrected chi connectivity index (χ4v) is 4.30. The Balaban J connectivity index is 1.39. The zero-order valence-electron chi connectivity index (χ0n) is 17.8. The summed E-state index contributed by atoms with van der Waals surface area (Å²) in [7, 11) is 0. The van der Waals surface area contributed by atoms with Crippen molar-refractivity contribution in [2.75, 3.05) is 0 Å². The van der Waals surface area contributed by atoms with Crippen molar-refractivity contribution in [3.63, 3.8) is 0 Å². The van der Waals surface area contributed by atoms with E-state index in [1.165, 1.54) is 12.1 Å². The number of hydrogen-bond acceptors (Lipinski definition) is 6. The lowest BCUT2D eigenvalue weighted by Crippen LogP contribution is -2.28. The monoisotopic (exact) mass is 471 g/mol. The van der Waals surface area contributed by atoms with Crippen LogP contribution in [0.1, 0.15) is 22.4 Å². The summed E-state index contributed by atoms with van der Waals surface area (Å²) >= 11 is 1.10. The quantitative estimate of drug-likeness (QED) is 0.380. The molecule has 8 heteroatoms. The van der Waals surface area contributed by atoms with Gasteiger partial charge in [-0.15, -0.1) is 0 Å². The minimum atomic E-state index is -0.503. The highest BCUT2D eigenvalue weighted by atomic mass is 32.1. The summed E-state index contributed by atoms with van der Waals surface area (Å²) in [6.45, 7) is 0.469. The molecule has 0 aliphatic rings. The van der Waals surface area contributed by atoms with Crippen molar-refractivity contribution >= 4 is 22.4 Å². The normalized spacial score (nSPS) is 11.7. The minimum absolute atomic E-state index is 0.130. The number of rotatable bonds is 6. The van der Waals surface area contributed by atoms with Gasteiger partial charge in [0.1, 0.15) is 23.9 Å². The van der Waals surface area contributed by atoms with Crippen molar-refractivity contribution in [3.05, 3.63) is 132 Å². The zero-order chi connectivity index (χ0) is 23.5. The van der Waals surface area contributed by atoms with Crippen LogP contribution in [-0.2, 0) is 13.0 Å². The summed E-state index contributed by atoms with van der Waals surface area (Å²) in [5.74, 6) is 0.358. The predicted octanol–water partition coefficient (Wildman–Crippen LogP) is 3.37. The Morgan fingerprint density at radius 1 is 0.912 bits per heavy atom. The summed E-state index contributed by atoms with van der Waals surface area (Å²) in [5.41, 5.74) is 1.87. The van der Waals surface area contributed by atoms with Crippen LogP contribution in [0, 0.1) is 5.82 Å². The van der Waals surface area contributed by atoms with E-state index in [4.69, 9.17) is 4.74 Å². The standard InChI is InChI=1S/C26H18FN3O3S/c27-20-10-6-17(7-11-20)14-22-24(31)28-26-30(29-22)25(32)23(34-26)15-18-8-12-21(13-9-18)33-16-19-4-2-1-3-5-19/h1-13,15H,14,16H2/b23-15+. The lowest BCUT2D eigenvalue weighted by molar-refractivity contribution is 0.306. The van der Waals surface area contributed by atoms with E-state index in [9.17, 15) is 14.0 Å². The molecule has 3 aromatic carbocycles. The summed E-state index contributed by atoms with van der Waals surface area (Å²) in [5, 5.41) is 4.23. The maximum Gasteiger partial charge on any atom is 0.296 e. The molecule has 0 fully saturated rings. The maximum absolute atomic E-state index is 13.1. The van der Waals surface area contributed by atoms with Gasteiger partial charge in [-0.25, -0.2) is 4.39 Å². The number of hydrogen-bond donors (Lipinski definition) is 0. The molecular formula is C26H18FN3O3S. The largest absolute Gasteiger partial charge is 0.489 e. The highest BCUT2D eigenvalue weighted by Crippen LogP contribution is 2.15. The second-order valence-electron chi connectivity index (χ2n) is 7.62. The first kappa shape index (κ1) is 21.7. The van der Waals surface area contributed by atoms with Gasteiger partial charge in [0.05, 0.1) is 4.53 Å². The van der Waals surface area contributed by atoms with Gasteiger partial charge in [-0.2, -0.15) is 14.6 Å². The first-order valence-electron chi connectivity index (χ1n) is 10.5. The molecule has 0 saturated carbocycles. The van der Waals surface area contributed by atoms with E-state index in [1.807, 2.05) is 54.6 Å². The number of nitrogens with zero attached hydrogens (tertiary/aromatic N) is 3. The maximum atomic E-state index is 13.1. The number of ether oxygens (including phenoxy) is 1. The number of aromatic nitrogens is 3. The molecule has 5 aromatic rings. The molecule has 0 unspecified atom stereocenters. The number of thiazole rings is 1. The topological polar surface area (TPSA) is 73.6 Å². The minimum Gasteiger partial charge on any atom is -0.489 e. The highest BCUT2D eigenvalue weighted by Gasteiger charge is 2.12. The average molecular weight is 472 g/mol. The van der Waals surface area contributed by atoms with Crippen LogP contribution in [0.3, 0.4) is 0 Å². The van der Waals surface area contributed by atoms with E-state index in [0.29, 0.717) is 16.7 Å². The molecule has 34 heavy (non-hydrogen) atoms. The number of fused-ring (bicyclic) bond motifs is 1. The lowest BCUT2D eigenvalue weighted by atomic mass is 10.1. The fourth-order valence-electron chi connectivity index (χ4n) is 3.40. The van der Waals surface area contributed by atoms with Crippen molar-refractivity contribution in [2.45, 2.75) is 13.0 Å². The van der Waals surface area contributed by atoms with Crippen LogP contribution in [-0.4, -0.2) is 14.6 Å². The summed E-state index contributed by atoms with van der Waals surface area (Å²) < 4.78 is 20.5. The first-order valence-corrected chi connectivity index (χ1v) is 11.3. The van der Waals surface area contributed by atoms with Crippen molar-refractivity contribution in [1.29, 1.82) is 0 Å². The Labute approximate surface area is 197 Å². The Hall–Kier alpha value is -4.17. The summed E-state index contributed by atoms with van der Waals surface area (Å²) in [4.78, 5) is 29.5. The van der Waals surface area contributed by atoms with E-state index in [2.05, 4.69) is 10.1 Å². The molecule has 0 aliphatic heterocycles. The third kappa shape index (κ3) is 4.77. The molecule has 2 heterocycles. The van der Waals surface area contributed by atoms with Gasteiger partial charge in [0.25, 0.3) is 11.1 Å². The molecule has 0 aliphatic carbocycles. The molecule has 0 bridgehead atoms. The Morgan fingerprint density at radius 3 is 2.38 bits per heavy atom. The van der Waals surface area contributed by atoms with Gasteiger partial charge in [0.15, 0.2) is 0 Å². The van der Waals surface area contributed by atoms with Crippen LogP contribution >= 0.6 is 11.3 Å². The van der Waals surface area contributed by atoms with Gasteiger partial charge in [0.2, 0.25) is 4.96 Å². The number of benzene rings is 3. The van der Waals surface area contributed by atoms with Crippen LogP contribution in [0.25, 0.3) is 11.0 Å². The highest BCUT2D eigenvalue weighted by molar-refractivity contribution is 7.15. The van der Waals surface area contributed by atoms with E-state index in [-0.39, 0.29) is 28.5 Å². The van der Waals surface area contributed by atoms with E-state index in [0.717, 1.165) is 32.7 Å². The van der Waals surface area contributed by atoms with E-state index in [1.54, 1.807) is 18.2 Å². The van der Waals surface area contributed by atoms with Crippen molar-refractivity contribution < 1.29 is 9.13 Å². The van der Waals surface area contributed by atoms with Crippen LogP contribution < -0.4 is 20.4 Å². The van der Waals surface area contributed by atoms with Gasteiger partial charge in [0, 0.05) is 6.42 Å². The van der Waals surface area contributed by atoms with Gasteiger partial charge >= 0.3 is 0 Å². The molecule has 0 spiro atoms. The Kier molecular flexibility index (Phi) is 5.97. The Morgan fingerprint density at radius 2 is 1.65 bits per heavy atom. The summed E-state index contributed by atoms with van der Waals surface area (Å²) in [6, 6.07) is 23.0. The predicted molar refractivity (Wildman–Crippen MR) is 129 cm³/mol. The molecule has 6 nitrogen and oxygen atoms in total. The lowest BCUT2D eigenvalue weighted by Gasteiger charge is -2.06. The fraction of sp³-hybridized carbons (Fsp3) is 0.0769. The molecule has 0 amide bonds. The van der Waals surface area contributed by atoms with Crippen LogP contribution in [0.5, 0.6) is 5.75 Å². The Bertz CT molecular complexity index is 1610. The van der Waals surface area contributed by atoms with Crippen LogP contribution in [0.15, 0.2) is 88.5 Å². The first-order chi connectivity index (χ1) is 16.5. The molecular weight excluding hydrogens is 453 g/mol. The van der Waals surface area contributed by atoms with Gasteiger partial charge < -0.3 is 4.74 Å². The third-order valence-corrected chi connectivity index (χ3v) is 6.12. The third-order valence-electron chi connectivity index (χ3n) is 5.16. The molecule has 0 saturated heterocycles. The van der Waals surface area contributed by atoms with Gasteiger partial charge in [-0.05, 0) is 47.0 Å². The van der Waals surface area contributed by atoms with Gasteiger partial charge in [-0.1, -0.05) is 65.9 Å². The molecule has 0 N–H and O–H groups in total. The second kappa shape index (κ2) is 9.36. The molecule has 168 valence electrons. The van der Waals surface area contributed by atoms with Crippen LogP contribution in [0.2, 0.25) is 0 Å². The van der Waals surface area contributed by atoms with Crippen molar-refractivity contribution in [2.24, 2.45) is 0 Å². The second-order valence-corrected chi connectivity index (χ2v) is 8.63. The van der Waals surface area contributed by atoms with Crippen molar-refractivity contribution in [1.82, 2.24) is 14.6 Å². The van der Waals surface area contributed by atoms with E-state index < -0.39 is 5.56 Å². The SMILES string of the molecule is O=c1nc2s/c(=C/c3ccc(OCc4ccccc4)cc3)c(=O)n2nc1Cc1ccc(F)cc1. The molecule has 0 atom stereocenters. The smallest absolute Gasteiger partial charge is 0.296 e. The average Bonchev–Trinajstić information content (AvgIpc) is 3.15.